The lowest BCUT2D eigenvalue weighted by molar-refractivity contribution is -0.138. The Morgan fingerprint density at radius 2 is 1.85 bits per heavy atom. The number of hydrogen-bond acceptors (Lipinski definition) is 2. The molecule has 0 bridgehead atoms. The number of nitrogens with two attached hydrogens (primary N) is 1. The maximum Gasteiger partial charge on any atom is 0.248 e. The molecule has 2 amide bonds. The van der Waals surface area contributed by atoms with Crippen LogP contribution in [0.15, 0.2) is 0 Å². The highest BCUT2D eigenvalue weighted by atomic mass is 19.3. The zero-order chi connectivity index (χ0) is 15.6. The first-order valence-corrected chi connectivity index (χ1v) is 7.14. The molecule has 0 spiro atoms. The number of carbonyl (C=O) groups is 2. The molecule has 1 aliphatic carbocycles. The minimum absolute atomic E-state index is 0.148. The van der Waals surface area contributed by atoms with E-state index in [2.05, 4.69) is 5.32 Å². The first kappa shape index (κ1) is 16.9. The SMILES string of the molecule is CC[C@@](NC(=O)C1CCC(F)(F)CC1)(C(N)=O)C(C)C. The molecule has 0 saturated heterocycles. The van der Waals surface area contributed by atoms with Crippen LogP contribution in [0.25, 0.3) is 0 Å². The Morgan fingerprint density at radius 1 is 1.35 bits per heavy atom. The van der Waals surface area contributed by atoms with Gasteiger partial charge in [-0.15, -0.1) is 0 Å². The smallest absolute Gasteiger partial charge is 0.248 e. The van der Waals surface area contributed by atoms with Crippen molar-refractivity contribution in [2.24, 2.45) is 17.6 Å². The van der Waals surface area contributed by atoms with Gasteiger partial charge in [0.05, 0.1) is 0 Å². The largest absolute Gasteiger partial charge is 0.368 e. The molecule has 0 radical (unpaired) electrons. The van der Waals surface area contributed by atoms with Crippen LogP contribution >= 0.6 is 0 Å². The molecule has 0 aromatic carbocycles. The number of primary amides is 1. The molecule has 1 aliphatic rings. The van der Waals surface area contributed by atoms with Gasteiger partial charge in [-0.2, -0.15) is 0 Å². The lowest BCUT2D eigenvalue weighted by Crippen LogP contribution is -2.61. The van der Waals surface area contributed by atoms with E-state index in [0.29, 0.717) is 6.42 Å². The summed E-state index contributed by atoms with van der Waals surface area (Å²) in [6.07, 6.45) is 0.129. The molecule has 1 rings (SSSR count). The molecule has 20 heavy (non-hydrogen) atoms. The molecule has 0 heterocycles. The van der Waals surface area contributed by atoms with Gasteiger partial charge in [0.25, 0.3) is 0 Å². The van der Waals surface area contributed by atoms with E-state index in [-0.39, 0.29) is 37.5 Å². The van der Waals surface area contributed by atoms with Crippen molar-refractivity contribution in [1.29, 1.82) is 0 Å². The van der Waals surface area contributed by atoms with E-state index in [4.69, 9.17) is 5.73 Å². The van der Waals surface area contributed by atoms with Crippen molar-refractivity contribution < 1.29 is 18.4 Å². The third-order valence-electron chi connectivity index (χ3n) is 4.42. The fraction of sp³-hybridized carbons (Fsp3) is 0.857. The van der Waals surface area contributed by atoms with Crippen molar-refractivity contribution in [2.45, 2.75) is 64.3 Å². The Labute approximate surface area is 118 Å². The molecule has 3 N–H and O–H groups in total. The van der Waals surface area contributed by atoms with Gasteiger partial charge in [-0.25, -0.2) is 8.78 Å². The second kappa shape index (κ2) is 6.06. The van der Waals surface area contributed by atoms with Gasteiger partial charge in [0.2, 0.25) is 17.7 Å². The van der Waals surface area contributed by atoms with Gasteiger partial charge >= 0.3 is 0 Å². The Balaban J connectivity index is 2.75. The van der Waals surface area contributed by atoms with Crippen molar-refractivity contribution in [3.05, 3.63) is 0 Å². The monoisotopic (exact) mass is 290 g/mol. The van der Waals surface area contributed by atoms with Gasteiger partial charge in [-0.3, -0.25) is 9.59 Å². The molecule has 1 atom stereocenters. The van der Waals surface area contributed by atoms with Crippen molar-refractivity contribution in [3.63, 3.8) is 0 Å². The molecule has 0 aliphatic heterocycles. The van der Waals surface area contributed by atoms with Gasteiger partial charge in [-0.05, 0) is 25.2 Å². The van der Waals surface area contributed by atoms with E-state index in [0.717, 1.165) is 0 Å². The van der Waals surface area contributed by atoms with E-state index in [9.17, 15) is 18.4 Å². The average Bonchev–Trinajstić information content (AvgIpc) is 2.34. The summed E-state index contributed by atoms with van der Waals surface area (Å²) in [5, 5.41) is 2.72. The van der Waals surface area contributed by atoms with Crippen molar-refractivity contribution in [3.8, 4) is 0 Å². The fourth-order valence-electron chi connectivity index (χ4n) is 2.79. The first-order chi connectivity index (χ1) is 9.14. The molecular formula is C14H24F2N2O2. The highest BCUT2D eigenvalue weighted by Crippen LogP contribution is 2.36. The van der Waals surface area contributed by atoms with Crippen LogP contribution in [0.3, 0.4) is 0 Å². The standard InChI is InChI=1S/C14H24F2N2O2/c1-4-14(9(2)3,12(17)20)18-11(19)10-5-7-13(15,16)8-6-10/h9-10H,4-8H2,1-3H3,(H2,17,20)(H,18,19)/t14-/m0/s1. The molecule has 0 aromatic rings. The number of amides is 2. The summed E-state index contributed by atoms with van der Waals surface area (Å²) in [6, 6.07) is 0. The van der Waals surface area contributed by atoms with Crippen LogP contribution in [0.2, 0.25) is 0 Å². The lowest BCUT2D eigenvalue weighted by atomic mass is 9.81. The summed E-state index contributed by atoms with van der Waals surface area (Å²) >= 11 is 0. The molecule has 1 saturated carbocycles. The number of hydrogen-bond donors (Lipinski definition) is 2. The number of halogens is 2. The van der Waals surface area contributed by atoms with E-state index < -0.39 is 23.3 Å². The third-order valence-corrected chi connectivity index (χ3v) is 4.42. The second-order valence-corrected chi connectivity index (χ2v) is 5.96. The number of carbonyl (C=O) groups excluding carboxylic acids is 2. The first-order valence-electron chi connectivity index (χ1n) is 7.14. The predicted molar refractivity (Wildman–Crippen MR) is 72.1 cm³/mol. The van der Waals surface area contributed by atoms with Crippen LogP contribution in [0.1, 0.15) is 52.9 Å². The molecule has 0 aromatic heterocycles. The minimum Gasteiger partial charge on any atom is -0.368 e. The molecule has 4 nitrogen and oxygen atoms in total. The molecule has 116 valence electrons. The van der Waals surface area contributed by atoms with Crippen LogP contribution in [0, 0.1) is 11.8 Å². The van der Waals surface area contributed by atoms with Gasteiger partial charge in [-0.1, -0.05) is 20.8 Å². The summed E-state index contributed by atoms with van der Waals surface area (Å²) < 4.78 is 26.2. The Bertz CT molecular complexity index is 375. The Hall–Kier alpha value is -1.20. The summed E-state index contributed by atoms with van der Waals surface area (Å²) in [4.78, 5) is 23.9. The maximum absolute atomic E-state index is 13.1. The zero-order valence-corrected chi connectivity index (χ0v) is 12.3. The van der Waals surface area contributed by atoms with Gasteiger partial charge in [0, 0.05) is 18.8 Å². The quantitative estimate of drug-likeness (QED) is 0.815. The summed E-state index contributed by atoms with van der Waals surface area (Å²) in [6.45, 7) is 5.40. The lowest BCUT2D eigenvalue weighted by Gasteiger charge is -2.37. The highest BCUT2D eigenvalue weighted by Gasteiger charge is 2.43. The molecule has 1 fully saturated rings. The Kier molecular flexibility index (Phi) is 5.10. The van der Waals surface area contributed by atoms with Crippen molar-refractivity contribution in [2.75, 3.05) is 0 Å². The van der Waals surface area contributed by atoms with E-state index in [1.54, 1.807) is 6.92 Å². The van der Waals surface area contributed by atoms with Gasteiger partial charge < -0.3 is 11.1 Å². The average molecular weight is 290 g/mol. The predicted octanol–water partition coefficient (Wildman–Crippen LogP) is 2.22. The van der Waals surface area contributed by atoms with Gasteiger partial charge in [0.1, 0.15) is 5.54 Å². The number of alkyl halides is 2. The topological polar surface area (TPSA) is 72.2 Å². The Morgan fingerprint density at radius 3 is 2.20 bits per heavy atom. The van der Waals surface area contributed by atoms with Crippen LogP contribution in [0.5, 0.6) is 0 Å². The number of rotatable bonds is 5. The van der Waals surface area contributed by atoms with Crippen LogP contribution < -0.4 is 11.1 Å². The number of nitrogens with one attached hydrogen (secondary N) is 1. The molecular weight excluding hydrogens is 266 g/mol. The van der Waals surface area contributed by atoms with Crippen LogP contribution in [-0.4, -0.2) is 23.3 Å². The van der Waals surface area contributed by atoms with E-state index in [1.165, 1.54) is 0 Å². The summed E-state index contributed by atoms with van der Waals surface area (Å²) in [5.41, 5.74) is 4.33. The second-order valence-electron chi connectivity index (χ2n) is 5.96. The van der Waals surface area contributed by atoms with E-state index in [1.807, 2.05) is 13.8 Å². The highest BCUT2D eigenvalue weighted by molar-refractivity contribution is 5.91. The van der Waals surface area contributed by atoms with Crippen molar-refractivity contribution in [1.82, 2.24) is 5.32 Å². The summed E-state index contributed by atoms with van der Waals surface area (Å²) in [5.74, 6) is -4.20. The van der Waals surface area contributed by atoms with Crippen LogP contribution in [-0.2, 0) is 9.59 Å². The van der Waals surface area contributed by atoms with Gasteiger partial charge in [0.15, 0.2) is 0 Å². The van der Waals surface area contributed by atoms with Crippen LogP contribution in [0.4, 0.5) is 8.78 Å². The van der Waals surface area contributed by atoms with Crippen molar-refractivity contribution >= 4 is 11.8 Å². The zero-order valence-electron chi connectivity index (χ0n) is 12.3. The molecule has 0 unspecified atom stereocenters. The third kappa shape index (κ3) is 3.46. The maximum atomic E-state index is 13.1. The normalized spacial score (nSPS) is 22.3. The van der Waals surface area contributed by atoms with E-state index >= 15 is 0 Å². The summed E-state index contributed by atoms with van der Waals surface area (Å²) in [7, 11) is 0. The molecule has 6 heteroatoms. The fourth-order valence-corrected chi connectivity index (χ4v) is 2.79. The minimum atomic E-state index is -2.67.